The first kappa shape index (κ1) is 17.0. The van der Waals surface area contributed by atoms with Crippen molar-refractivity contribution in [1.29, 1.82) is 0 Å². The molecule has 1 aromatic heterocycles. The third kappa shape index (κ3) is 3.66. The van der Waals surface area contributed by atoms with Gasteiger partial charge in [-0.1, -0.05) is 42.5 Å². The van der Waals surface area contributed by atoms with Crippen molar-refractivity contribution >= 4 is 33.1 Å². The molecular weight excluding hydrogens is 338 g/mol. The molecular formula is C18H17N3O3S. The molecule has 0 spiro atoms. The van der Waals surface area contributed by atoms with Crippen molar-refractivity contribution in [3.63, 3.8) is 0 Å². The third-order valence-electron chi connectivity index (χ3n) is 4.01. The predicted octanol–water partition coefficient (Wildman–Crippen LogP) is 3.38. The zero-order chi connectivity index (χ0) is 18.0. The van der Waals surface area contributed by atoms with Crippen molar-refractivity contribution < 1.29 is 9.72 Å². The maximum atomic E-state index is 12.3. The van der Waals surface area contributed by atoms with Crippen LogP contribution in [0, 0.1) is 10.1 Å². The Balaban J connectivity index is 1.90. The van der Waals surface area contributed by atoms with Gasteiger partial charge < -0.3 is 4.57 Å². The van der Waals surface area contributed by atoms with Gasteiger partial charge in [-0.3, -0.25) is 14.9 Å². The molecule has 0 aliphatic heterocycles. The third-order valence-corrected chi connectivity index (χ3v) is 5.12. The van der Waals surface area contributed by atoms with Gasteiger partial charge in [0.05, 0.1) is 21.6 Å². The molecule has 0 atom stereocenters. The lowest BCUT2D eigenvalue weighted by atomic mass is 10.1. The first-order valence-corrected chi connectivity index (χ1v) is 8.69. The average Bonchev–Trinajstić information content (AvgIpc) is 2.91. The predicted molar refractivity (Wildman–Crippen MR) is 97.5 cm³/mol. The van der Waals surface area contributed by atoms with Gasteiger partial charge in [-0.25, -0.2) is 0 Å². The minimum Gasteiger partial charge on any atom is -0.319 e. The van der Waals surface area contributed by atoms with Crippen LogP contribution >= 0.6 is 11.3 Å². The standard InChI is InChI=1S/C18H17N3O3S/c1-3-12-4-6-13(7-5-12)10-17(22)19-18-20(2)15-11-14(21(23)24)8-9-16(15)25-18/h4-9,11H,3,10H2,1-2H3. The topological polar surface area (TPSA) is 77.5 Å². The van der Waals surface area contributed by atoms with Gasteiger partial charge >= 0.3 is 0 Å². The summed E-state index contributed by atoms with van der Waals surface area (Å²) in [6.07, 6.45) is 1.20. The maximum absolute atomic E-state index is 12.3. The van der Waals surface area contributed by atoms with Gasteiger partial charge in [0.1, 0.15) is 0 Å². The van der Waals surface area contributed by atoms with Crippen LogP contribution in [0.5, 0.6) is 0 Å². The first-order valence-electron chi connectivity index (χ1n) is 7.87. The van der Waals surface area contributed by atoms with Crippen LogP contribution in [-0.2, 0) is 24.7 Å². The Labute approximate surface area is 148 Å². The number of non-ortho nitro benzene ring substituents is 1. The van der Waals surface area contributed by atoms with Crippen LogP contribution in [0.25, 0.3) is 10.2 Å². The summed E-state index contributed by atoms with van der Waals surface area (Å²) in [4.78, 5) is 27.5. The molecule has 0 radical (unpaired) electrons. The highest BCUT2D eigenvalue weighted by molar-refractivity contribution is 7.16. The van der Waals surface area contributed by atoms with E-state index in [0.717, 1.165) is 16.7 Å². The number of aryl methyl sites for hydroxylation is 2. The molecule has 25 heavy (non-hydrogen) atoms. The summed E-state index contributed by atoms with van der Waals surface area (Å²) in [7, 11) is 1.75. The average molecular weight is 355 g/mol. The van der Waals surface area contributed by atoms with Crippen molar-refractivity contribution in [2.75, 3.05) is 0 Å². The lowest BCUT2D eigenvalue weighted by Gasteiger charge is -2.00. The lowest BCUT2D eigenvalue weighted by molar-refractivity contribution is -0.384. The smallest absolute Gasteiger partial charge is 0.271 e. The first-order chi connectivity index (χ1) is 12.0. The van der Waals surface area contributed by atoms with Gasteiger partial charge in [-0.05, 0) is 23.6 Å². The van der Waals surface area contributed by atoms with Crippen LogP contribution in [0.4, 0.5) is 5.69 Å². The Bertz CT molecular complexity index is 1020. The zero-order valence-corrected chi connectivity index (χ0v) is 14.7. The Kier molecular flexibility index (Phi) is 4.76. The Morgan fingerprint density at radius 2 is 1.88 bits per heavy atom. The molecule has 128 valence electrons. The quantitative estimate of drug-likeness (QED) is 0.532. The summed E-state index contributed by atoms with van der Waals surface area (Å²) in [6, 6.07) is 12.6. The number of amides is 1. The second kappa shape index (κ2) is 6.98. The molecule has 0 bridgehead atoms. The van der Waals surface area contributed by atoms with Crippen molar-refractivity contribution in [2.24, 2.45) is 12.0 Å². The van der Waals surface area contributed by atoms with Crippen molar-refractivity contribution in [3.8, 4) is 0 Å². The minimum atomic E-state index is -0.432. The van der Waals surface area contributed by atoms with Crippen LogP contribution in [0.1, 0.15) is 18.1 Å². The van der Waals surface area contributed by atoms with Gasteiger partial charge in [0, 0.05) is 19.2 Å². The monoisotopic (exact) mass is 355 g/mol. The fourth-order valence-corrected chi connectivity index (χ4v) is 3.57. The zero-order valence-electron chi connectivity index (χ0n) is 13.9. The van der Waals surface area contributed by atoms with E-state index in [4.69, 9.17) is 0 Å². The van der Waals surface area contributed by atoms with Crippen LogP contribution in [0.2, 0.25) is 0 Å². The molecule has 0 fully saturated rings. The molecule has 0 aliphatic carbocycles. The highest BCUT2D eigenvalue weighted by atomic mass is 32.1. The van der Waals surface area contributed by atoms with E-state index < -0.39 is 4.92 Å². The number of fused-ring (bicyclic) bond motifs is 1. The fraction of sp³-hybridized carbons (Fsp3) is 0.222. The van der Waals surface area contributed by atoms with E-state index in [1.807, 2.05) is 24.3 Å². The number of thiazole rings is 1. The fourth-order valence-electron chi connectivity index (χ4n) is 2.55. The van der Waals surface area contributed by atoms with Crippen LogP contribution in [0.15, 0.2) is 47.5 Å². The van der Waals surface area contributed by atoms with Crippen LogP contribution in [-0.4, -0.2) is 15.4 Å². The van der Waals surface area contributed by atoms with Crippen molar-refractivity contribution in [2.45, 2.75) is 19.8 Å². The summed E-state index contributed by atoms with van der Waals surface area (Å²) < 4.78 is 2.57. The highest BCUT2D eigenvalue weighted by Gasteiger charge is 2.11. The Morgan fingerprint density at radius 3 is 2.52 bits per heavy atom. The van der Waals surface area contributed by atoms with E-state index in [1.54, 1.807) is 17.7 Å². The number of nitro benzene ring substituents is 1. The summed E-state index contributed by atoms with van der Waals surface area (Å²) in [5.74, 6) is -0.235. The molecule has 3 rings (SSSR count). The summed E-state index contributed by atoms with van der Waals surface area (Å²) in [5.41, 5.74) is 2.86. The van der Waals surface area contributed by atoms with Gasteiger partial charge in [-0.15, -0.1) is 0 Å². The van der Waals surface area contributed by atoms with E-state index in [0.29, 0.717) is 10.3 Å². The summed E-state index contributed by atoms with van der Waals surface area (Å²) >= 11 is 1.34. The number of hydrogen-bond donors (Lipinski definition) is 0. The number of carbonyl (C=O) groups excluding carboxylic acids is 1. The maximum Gasteiger partial charge on any atom is 0.271 e. The molecule has 0 aliphatic rings. The number of carbonyl (C=O) groups is 1. The summed E-state index contributed by atoms with van der Waals surface area (Å²) in [6.45, 7) is 2.08. The van der Waals surface area contributed by atoms with Crippen molar-refractivity contribution in [3.05, 3.63) is 68.5 Å². The van der Waals surface area contributed by atoms with E-state index >= 15 is 0 Å². The molecule has 7 heteroatoms. The van der Waals surface area contributed by atoms with Gasteiger partial charge in [0.15, 0.2) is 4.80 Å². The normalized spacial score (nSPS) is 11.8. The molecule has 0 N–H and O–H groups in total. The van der Waals surface area contributed by atoms with E-state index in [2.05, 4.69) is 11.9 Å². The lowest BCUT2D eigenvalue weighted by Crippen LogP contribution is -2.14. The largest absolute Gasteiger partial charge is 0.319 e. The molecule has 1 heterocycles. The molecule has 0 saturated heterocycles. The molecule has 0 saturated carbocycles. The highest BCUT2D eigenvalue weighted by Crippen LogP contribution is 2.22. The minimum absolute atomic E-state index is 0.0230. The second-order valence-corrected chi connectivity index (χ2v) is 6.71. The SMILES string of the molecule is CCc1ccc(CC(=O)N=c2sc3ccc([N+](=O)[O-])cc3n2C)cc1. The number of hydrogen-bond acceptors (Lipinski definition) is 4. The van der Waals surface area contributed by atoms with E-state index in [9.17, 15) is 14.9 Å². The number of aromatic nitrogens is 1. The van der Waals surface area contributed by atoms with Crippen LogP contribution in [0.3, 0.4) is 0 Å². The van der Waals surface area contributed by atoms with Gasteiger partial charge in [0.25, 0.3) is 11.6 Å². The van der Waals surface area contributed by atoms with Crippen LogP contribution < -0.4 is 4.80 Å². The van der Waals surface area contributed by atoms with E-state index in [1.165, 1.54) is 29.0 Å². The molecule has 6 nitrogen and oxygen atoms in total. The van der Waals surface area contributed by atoms with Crippen molar-refractivity contribution in [1.82, 2.24) is 4.57 Å². The molecule has 0 unspecified atom stereocenters. The number of benzene rings is 2. The molecule has 3 aromatic rings. The summed E-state index contributed by atoms with van der Waals surface area (Å²) in [5, 5.41) is 10.9. The number of nitrogens with zero attached hydrogens (tertiary/aromatic N) is 3. The molecule has 1 amide bonds. The molecule has 2 aromatic carbocycles. The number of rotatable bonds is 4. The Hall–Kier alpha value is -2.80. The Morgan fingerprint density at radius 1 is 1.20 bits per heavy atom. The van der Waals surface area contributed by atoms with E-state index in [-0.39, 0.29) is 18.0 Å². The second-order valence-electron chi connectivity index (χ2n) is 5.71. The van der Waals surface area contributed by atoms with Gasteiger partial charge in [-0.2, -0.15) is 4.99 Å². The van der Waals surface area contributed by atoms with Gasteiger partial charge in [0.2, 0.25) is 0 Å². The number of nitro groups is 1.